The van der Waals surface area contributed by atoms with Gasteiger partial charge < -0.3 is 11.1 Å². The molecule has 0 aromatic carbocycles. The van der Waals surface area contributed by atoms with Crippen molar-refractivity contribution in [1.82, 2.24) is 10.2 Å². The van der Waals surface area contributed by atoms with E-state index >= 15 is 0 Å². The van der Waals surface area contributed by atoms with Gasteiger partial charge in [-0.3, -0.25) is 9.69 Å². The van der Waals surface area contributed by atoms with Crippen LogP contribution in [0.15, 0.2) is 17.5 Å². The molecule has 4 nitrogen and oxygen atoms in total. The number of piperidine rings is 1. The average molecular weight is 309 g/mol. The molecule has 1 atom stereocenters. The Labute approximate surface area is 131 Å². The molecule has 1 aliphatic heterocycles. The maximum absolute atomic E-state index is 11.7. The summed E-state index contributed by atoms with van der Waals surface area (Å²) in [7, 11) is 0. The molecule has 0 saturated carbocycles. The lowest BCUT2D eigenvalue weighted by atomic mass is 9.96. The van der Waals surface area contributed by atoms with Crippen LogP contribution >= 0.6 is 11.3 Å². The lowest BCUT2D eigenvalue weighted by Gasteiger charge is -2.31. The van der Waals surface area contributed by atoms with Crippen LogP contribution in [-0.4, -0.2) is 36.5 Å². The highest BCUT2D eigenvalue weighted by Crippen LogP contribution is 2.20. The first-order valence-corrected chi connectivity index (χ1v) is 8.78. The van der Waals surface area contributed by atoms with E-state index in [-0.39, 0.29) is 11.9 Å². The number of rotatable bonds is 7. The Kier molecular flexibility index (Phi) is 6.67. The van der Waals surface area contributed by atoms with E-state index in [0.29, 0.717) is 12.3 Å². The van der Waals surface area contributed by atoms with Gasteiger partial charge in [0.25, 0.3) is 0 Å². The summed E-state index contributed by atoms with van der Waals surface area (Å²) in [6.45, 7) is 6.11. The van der Waals surface area contributed by atoms with Gasteiger partial charge in [0.2, 0.25) is 5.91 Å². The second-order valence-corrected chi connectivity index (χ2v) is 7.15. The van der Waals surface area contributed by atoms with Crippen molar-refractivity contribution in [3.8, 4) is 0 Å². The zero-order valence-electron chi connectivity index (χ0n) is 12.9. The molecular formula is C16H27N3OS. The smallest absolute Gasteiger partial charge is 0.220 e. The minimum absolute atomic E-state index is 0.108. The number of carbonyl (C=O) groups excluding carboxylic acids is 1. The van der Waals surface area contributed by atoms with Crippen LogP contribution in [0.3, 0.4) is 0 Å². The van der Waals surface area contributed by atoms with E-state index in [0.717, 1.165) is 32.6 Å². The molecule has 0 spiro atoms. The Hall–Kier alpha value is -0.910. The van der Waals surface area contributed by atoms with E-state index in [1.165, 1.54) is 17.7 Å². The highest BCUT2D eigenvalue weighted by atomic mass is 32.1. The van der Waals surface area contributed by atoms with Crippen molar-refractivity contribution in [1.29, 1.82) is 0 Å². The number of carbonyl (C=O) groups is 1. The molecule has 0 radical (unpaired) electrons. The molecule has 2 heterocycles. The van der Waals surface area contributed by atoms with Gasteiger partial charge in [-0.15, -0.1) is 11.3 Å². The number of nitrogens with zero attached hydrogens (tertiary/aromatic N) is 1. The van der Waals surface area contributed by atoms with Gasteiger partial charge in [-0.05, 0) is 56.6 Å². The molecule has 3 N–H and O–H groups in total. The van der Waals surface area contributed by atoms with E-state index in [9.17, 15) is 4.79 Å². The van der Waals surface area contributed by atoms with Crippen LogP contribution in [0.5, 0.6) is 0 Å². The lowest BCUT2D eigenvalue weighted by Crippen LogP contribution is -2.38. The average Bonchev–Trinajstić information content (AvgIpc) is 2.97. The third kappa shape index (κ3) is 6.16. The first-order valence-electron chi connectivity index (χ1n) is 7.90. The largest absolute Gasteiger partial charge is 0.356 e. The molecular weight excluding hydrogens is 282 g/mol. The summed E-state index contributed by atoms with van der Waals surface area (Å²) in [4.78, 5) is 15.6. The van der Waals surface area contributed by atoms with E-state index in [4.69, 9.17) is 5.73 Å². The Morgan fingerprint density at radius 1 is 1.52 bits per heavy atom. The Bertz CT molecular complexity index is 411. The van der Waals surface area contributed by atoms with E-state index in [1.54, 1.807) is 0 Å². The number of likely N-dealkylation sites (tertiary alicyclic amines) is 1. The summed E-state index contributed by atoms with van der Waals surface area (Å²) >= 11 is 1.83. The van der Waals surface area contributed by atoms with Gasteiger partial charge in [0.15, 0.2) is 0 Å². The SMILES string of the molecule is CC(N)CCC(=O)NCC1CCN(Cc2cccs2)CC1. The van der Waals surface area contributed by atoms with Crippen molar-refractivity contribution < 1.29 is 4.79 Å². The van der Waals surface area contributed by atoms with Crippen LogP contribution in [0.25, 0.3) is 0 Å². The summed E-state index contributed by atoms with van der Waals surface area (Å²) in [5.74, 6) is 0.775. The number of hydrogen-bond donors (Lipinski definition) is 2. The van der Waals surface area contributed by atoms with Crippen molar-refractivity contribution in [2.45, 2.75) is 45.2 Å². The van der Waals surface area contributed by atoms with Gasteiger partial charge in [0.1, 0.15) is 0 Å². The van der Waals surface area contributed by atoms with Gasteiger partial charge in [-0.1, -0.05) is 6.07 Å². The molecule has 1 saturated heterocycles. The molecule has 1 aromatic heterocycles. The number of amides is 1. The van der Waals surface area contributed by atoms with E-state index in [1.807, 2.05) is 18.3 Å². The fourth-order valence-corrected chi connectivity index (χ4v) is 3.42. The molecule has 0 bridgehead atoms. The maximum atomic E-state index is 11.7. The van der Waals surface area contributed by atoms with Crippen LogP contribution in [0.1, 0.15) is 37.5 Å². The summed E-state index contributed by atoms with van der Waals surface area (Å²) in [5.41, 5.74) is 5.67. The molecule has 0 aliphatic carbocycles. The van der Waals surface area contributed by atoms with Gasteiger partial charge >= 0.3 is 0 Å². The summed E-state index contributed by atoms with van der Waals surface area (Å²) in [6.07, 6.45) is 3.68. The van der Waals surface area contributed by atoms with E-state index < -0.39 is 0 Å². The van der Waals surface area contributed by atoms with Gasteiger partial charge in [0, 0.05) is 30.4 Å². The molecule has 1 unspecified atom stereocenters. The van der Waals surface area contributed by atoms with Crippen LogP contribution < -0.4 is 11.1 Å². The molecule has 2 rings (SSSR count). The Morgan fingerprint density at radius 2 is 2.29 bits per heavy atom. The summed E-state index contributed by atoms with van der Waals surface area (Å²) in [5, 5.41) is 5.20. The number of nitrogens with one attached hydrogen (secondary N) is 1. The molecule has 1 amide bonds. The summed E-state index contributed by atoms with van der Waals surface area (Å²) < 4.78 is 0. The molecule has 1 fully saturated rings. The number of nitrogens with two attached hydrogens (primary N) is 1. The maximum Gasteiger partial charge on any atom is 0.220 e. The van der Waals surface area contributed by atoms with Gasteiger partial charge in [-0.2, -0.15) is 0 Å². The fraction of sp³-hybridized carbons (Fsp3) is 0.688. The predicted molar refractivity (Wildman–Crippen MR) is 88.2 cm³/mol. The standard InChI is InChI=1S/C16H27N3OS/c1-13(17)4-5-16(20)18-11-14-6-8-19(9-7-14)12-15-3-2-10-21-15/h2-3,10,13-14H,4-9,11-12,17H2,1H3,(H,18,20). The Morgan fingerprint density at radius 3 is 2.90 bits per heavy atom. The normalized spacial score (nSPS) is 18.6. The second-order valence-electron chi connectivity index (χ2n) is 6.12. The van der Waals surface area contributed by atoms with Crippen molar-refractivity contribution in [2.75, 3.05) is 19.6 Å². The minimum Gasteiger partial charge on any atom is -0.356 e. The van der Waals surface area contributed by atoms with Crippen LogP contribution in [0.2, 0.25) is 0 Å². The van der Waals surface area contributed by atoms with Crippen LogP contribution in [-0.2, 0) is 11.3 Å². The quantitative estimate of drug-likeness (QED) is 0.812. The number of hydrogen-bond acceptors (Lipinski definition) is 4. The first-order chi connectivity index (χ1) is 10.1. The predicted octanol–water partition coefficient (Wildman–Crippen LogP) is 2.20. The highest BCUT2D eigenvalue weighted by molar-refractivity contribution is 7.09. The molecule has 1 aliphatic rings. The first kappa shape index (κ1) is 16.5. The van der Waals surface area contributed by atoms with Crippen molar-refractivity contribution in [3.05, 3.63) is 22.4 Å². The molecule has 5 heteroatoms. The molecule has 1 aromatic rings. The van der Waals surface area contributed by atoms with Gasteiger partial charge in [0.05, 0.1) is 0 Å². The lowest BCUT2D eigenvalue weighted by molar-refractivity contribution is -0.121. The monoisotopic (exact) mass is 309 g/mol. The van der Waals surface area contributed by atoms with Gasteiger partial charge in [-0.25, -0.2) is 0 Å². The zero-order chi connectivity index (χ0) is 15.1. The van der Waals surface area contributed by atoms with Crippen molar-refractivity contribution in [2.24, 2.45) is 11.7 Å². The summed E-state index contributed by atoms with van der Waals surface area (Å²) in [6, 6.07) is 4.43. The third-order valence-electron chi connectivity index (χ3n) is 4.08. The number of thiophene rings is 1. The van der Waals surface area contributed by atoms with Crippen molar-refractivity contribution in [3.63, 3.8) is 0 Å². The van der Waals surface area contributed by atoms with Crippen LogP contribution in [0, 0.1) is 5.92 Å². The van der Waals surface area contributed by atoms with Crippen LogP contribution in [0.4, 0.5) is 0 Å². The highest BCUT2D eigenvalue weighted by Gasteiger charge is 2.19. The Balaban J connectivity index is 1.59. The molecule has 118 valence electrons. The topological polar surface area (TPSA) is 58.4 Å². The third-order valence-corrected chi connectivity index (χ3v) is 4.94. The second kappa shape index (κ2) is 8.51. The zero-order valence-corrected chi connectivity index (χ0v) is 13.7. The van der Waals surface area contributed by atoms with E-state index in [2.05, 4.69) is 27.7 Å². The minimum atomic E-state index is 0.108. The molecule has 21 heavy (non-hydrogen) atoms. The van der Waals surface area contributed by atoms with Crippen molar-refractivity contribution >= 4 is 17.2 Å². The fourth-order valence-electron chi connectivity index (χ4n) is 2.68.